The monoisotopic (exact) mass is 310 g/mol. The predicted octanol–water partition coefficient (Wildman–Crippen LogP) is 2.71. The van der Waals surface area contributed by atoms with Crippen LogP contribution in [0.25, 0.3) is 22.4 Å². The minimum Gasteiger partial charge on any atom is -0.481 e. The van der Waals surface area contributed by atoms with Crippen molar-refractivity contribution in [3.05, 3.63) is 42.2 Å². The number of anilines is 1. The number of aliphatic carboxylic acids is 1. The van der Waals surface area contributed by atoms with Gasteiger partial charge in [-0.15, -0.1) is 0 Å². The lowest BCUT2D eigenvalue weighted by Crippen LogP contribution is -2.12. The van der Waals surface area contributed by atoms with E-state index in [1.807, 2.05) is 43.3 Å². The molecule has 1 aromatic carbocycles. The van der Waals surface area contributed by atoms with Crippen LogP contribution < -0.4 is 4.90 Å². The van der Waals surface area contributed by atoms with Gasteiger partial charge in [0.1, 0.15) is 5.52 Å². The minimum atomic E-state index is -0.792. The Balaban J connectivity index is 2.01. The number of nitrogens with zero attached hydrogens (tertiary/aromatic N) is 3. The van der Waals surface area contributed by atoms with E-state index in [9.17, 15) is 4.79 Å². The lowest BCUT2D eigenvalue weighted by molar-refractivity contribution is -0.136. The largest absolute Gasteiger partial charge is 0.481 e. The van der Waals surface area contributed by atoms with E-state index in [1.165, 1.54) is 0 Å². The number of carboxylic acids is 1. The molecule has 0 bridgehead atoms. The average Bonchev–Trinajstić information content (AvgIpc) is 2.96. The van der Waals surface area contributed by atoms with Crippen LogP contribution in [0.15, 0.2) is 36.7 Å². The van der Waals surface area contributed by atoms with Crippen LogP contribution in [0.5, 0.6) is 0 Å². The summed E-state index contributed by atoms with van der Waals surface area (Å²) in [5.74, 6) is -0.792. The molecule has 6 nitrogen and oxygen atoms in total. The molecule has 3 rings (SSSR count). The molecule has 0 saturated heterocycles. The molecule has 0 saturated carbocycles. The fraction of sp³-hybridized carbons (Fsp3) is 0.235. The zero-order chi connectivity index (χ0) is 16.4. The molecule has 2 N–H and O–H groups in total. The molecule has 3 aromatic rings. The summed E-state index contributed by atoms with van der Waals surface area (Å²) in [6.45, 7) is 0. The molecule has 0 unspecified atom stereocenters. The molecule has 0 atom stereocenters. The molecule has 0 amide bonds. The number of carbonyl (C=O) groups is 1. The van der Waals surface area contributed by atoms with E-state index in [2.05, 4.69) is 15.0 Å². The lowest BCUT2D eigenvalue weighted by Gasteiger charge is -2.18. The SMILES string of the molecule is CN(C)c1ccc(-c2cc3nccnc3[nH]2)cc1CCC(=O)O. The zero-order valence-corrected chi connectivity index (χ0v) is 13.1. The first-order chi connectivity index (χ1) is 11.0. The van der Waals surface area contributed by atoms with Gasteiger partial charge in [-0.05, 0) is 35.7 Å². The van der Waals surface area contributed by atoms with Crippen molar-refractivity contribution in [2.45, 2.75) is 12.8 Å². The number of aryl methyl sites for hydroxylation is 1. The van der Waals surface area contributed by atoms with E-state index in [0.29, 0.717) is 6.42 Å². The van der Waals surface area contributed by atoms with Gasteiger partial charge in [-0.1, -0.05) is 6.07 Å². The lowest BCUT2D eigenvalue weighted by atomic mass is 10.0. The fourth-order valence-corrected chi connectivity index (χ4v) is 2.64. The summed E-state index contributed by atoms with van der Waals surface area (Å²) < 4.78 is 0. The number of nitrogens with one attached hydrogen (secondary N) is 1. The summed E-state index contributed by atoms with van der Waals surface area (Å²) in [7, 11) is 3.91. The van der Waals surface area contributed by atoms with Gasteiger partial charge >= 0.3 is 5.97 Å². The number of benzene rings is 1. The highest BCUT2D eigenvalue weighted by Crippen LogP contribution is 2.28. The van der Waals surface area contributed by atoms with Crippen molar-refractivity contribution in [2.24, 2.45) is 0 Å². The van der Waals surface area contributed by atoms with E-state index in [0.717, 1.165) is 33.7 Å². The summed E-state index contributed by atoms with van der Waals surface area (Å²) in [6, 6.07) is 8.01. The molecule has 0 fully saturated rings. The summed E-state index contributed by atoms with van der Waals surface area (Å²) in [5.41, 5.74) is 5.51. The highest BCUT2D eigenvalue weighted by Gasteiger charge is 2.11. The normalized spacial score (nSPS) is 10.9. The maximum absolute atomic E-state index is 10.9. The molecule has 6 heteroatoms. The number of hydrogen-bond acceptors (Lipinski definition) is 4. The Hall–Kier alpha value is -2.89. The number of hydrogen-bond donors (Lipinski definition) is 2. The van der Waals surface area contributed by atoms with Crippen molar-refractivity contribution in [2.75, 3.05) is 19.0 Å². The van der Waals surface area contributed by atoms with Crippen LogP contribution in [0.2, 0.25) is 0 Å². The Morgan fingerprint density at radius 2 is 2.00 bits per heavy atom. The van der Waals surface area contributed by atoms with Crippen molar-refractivity contribution in [1.82, 2.24) is 15.0 Å². The average molecular weight is 310 g/mol. The van der Waals surface area contributed by atoms with Crippen molar-refractivity contribution in [1.29, 1.82) is 0 Å². The van der Waals surface area contributed by atoms with E-state index < -0.39 is 5.97 Å². The Kier molecular flexibility index (Phi) is 3.97. The first-order valence-corrected chi connectivity index (χ1v) is 7.37. The van der Waals surface area contributed by atoms with Crippen LogP contribution >= 0.6 is 0 Å². The Labute approximate surface area is 133 Å². The van der Waals surface area contributed by atoms with Gasteiger partial charge in [0.2, 0.25) is 0 Å². The second-order valence-corrected chi connectivity index (χ2v) is 5.60. The van der Waals surface area contributed by atoms with Crippen molar-refractivity contribution >= 4 is 22.8 Å². The maximum Gasteiger partial charge on any atom is 0.303 e. The molecular weight excluding hydrogens is 292 g/mol. The third kappa shape index (κ3) is 3.15. The van der Waals surface area contributed by atoms with Crippen molar-refractivity contribution < 1.29 is 9.90 Å². The number of carboxylic acid groups (broad SMARTS) is 1. The van der Waals surface area contributed by atoms with Gasteiger partial charge in [0.15, 0.2) is 5.65 Å². The summed E-state index contributed by atoms with van der Waals surface area (Å²) in [5, 5.41) is 8.95. The molecule has 0 spiro atoms. The molecule has 0 aliphatic rings. The van der Waals surface area contributed by atoms with Crippen LogP contribution in [0.1, 0.15) is 12.0 Å². The molecule has 0 aliphatic carbocycles. The molecule has 2 aromatic heterocycles. The van der Waals surface area contributed by atoms with Gasteiger partial charge in [-0.3, -0.25) is 9.78 Å². The van der Waals surface area contributed by atoms with Gasteiger partial charge in [-0.2, -0.15) is 0 Å². The molecule has 2 heterocycles. The Bertz CT molecular complexity index is 822. The molecule has 0 aliphatic heterocycles. The summed E-state index contributed by atoms with van der Waals surface area (Å²) in [6.07, 6.45) is 3.91. The Morgan fingerprint density at radius 1 is 1.22 bits per heavy atom. The van der Waals surface area contributed by atoms with Gasteiger partial charge < -0.3 is 15.0 Å². The third-order valence-electron chi connectivity index (χ3n) is 3.74. The Morgan fingerprint density at radius 3 is 2.70 bits per heavy atom. The number of H-pyrrole nitrogens is 1. The van der Waals surface area contributed by atoms with Gasteiger partial charge in [0.25, 0.3) is 0 Å². The van der Waals surface area contributed by atoms with Crippen LogP contribution in [-0.4, -0.2) is 40.1 Å². The quantitative estimate of drug-likeness (QED) is 0.757. The van der Waals surface area contributed by atoms with Crippen molar-refractivity contribution in [3.8, 4) is 11.3 Å². The molecule has 0 radical (unpaired) electrons. The summed E-state index contributed by atoms with van der Waals surface area (Å²) in [4.78, 5) is 24.7. The number of fused-ring (bicyclic) bond motifs is 1. The minimum absolute atomic E-state index is 0.111. The fourth-order valence-electron chi connectivity index (χ4n) is 2.64. The number of rotatable bonds is 5. The zero-order valence-electron chi connectivity index (χ0n) is 13.1. The standard InChI is InChI=1S/C17H18N4O2/c1-21(2)15-5-3-11(9-12(15)4-6-16(22)23)13-10-14-17(20-13)19-8-7-18-14/h3,5,7-10H,4,6H2,1-2H3,(H,19,20)(H,22,23). The predicted molar refractivity (Wildman–Crippen MR) is 89.6 cm³/mol. The second-order valence-electron chi connectivity index (χ2n) is 5.60. The van der Waals surface area contributed by atoms with E-state index >= 15 is 0 Å². The molecule has 118 valence electrons. The van der Waals surface area contributed by atoms with E-state index in [1.54, 1.807) is 12.4 Å². The van der Waals surface area contributed by atoms with Gasteiger partial charge in [0, 0.05) is 44.3 Å². The topological polar surface area (TPSA) is 82.1 Å². The van der Waals surface area contributed by atoms with Crippen LogP contribution in [0.4, 0.5) is 5.69 Å². The van der Waals surface area contributed by atoms with E-state index in [4.69, 9.17) is 5.11 Å². The van der Waals surface area contributed by atoms with Crippen molar-refractivity contribution in [3.63, 3.8) is 0 Å². The van der Waals surface area contributed by atoms with E-state index in [-0.39, 0.29) is 6.42 Å². The maximum atomic E-state index is 10.9. The smallest absolute Gasteiger partial charge is 0.303 e. The molecular formula is C17H18N4O2. The number of aromatic amines is 1. The molecule has 23 heavy (non-hydrogen) atoms. The third-order valence-corrected chi connectivity index (χ3v) is 3.74. The first-order valence-electron chi connectivity index (χ1n) is 7.37. The first kappa shape index (κ1) is 15.0. The summed E-state index contributed by atoms with van der Waals surface area (Å²) >= 11 is 0. The highest BCUT2D eigenvalue weighted by molar-refractivity contribution is 5.80. The number of aromatic nitrogens is 3. The van der Waals surface area contributed by atoms with Gasteiger partial charge in [-0.25, -0.2) is 4.98 Å². The van der Waals surface area contributed by atoms with Gasteiger partial charge in [0.05, 0.1) is 0 Å². The van der Waals surface area contributed by atoms with Crippen LogP contribution in [-0.2, 0) is 11.2 Å². The highest BCUT2D eigenvalue weighted by atomic mass is 16.4. The van der Waals surface area contributed by atoms with Crippen LogP contribution in [0, 0.1) is 0 Å². The second kappa shape index (κ2) is 6.08. The van der Waals surface area contributed by atoms with Crippen LogP contribution in [0.3, 0.4) is 0 Å².